The fraction of sp³-hybridized carbons (Fsp3) is 0.222. The van der Waals surface area contributed by atoms with Crippen molar-refractivity contribution in [3.05, 3.63) is 23.1 Å². The van der Waals surface area contributed by atoms with Crippen molar-refractivity contribution in [1.29, 1.82) is 0 Å². The fourth-order valence-corrected chi connectivity index (χ4v) is 1.39. The Hall–Kier alpha value is -1.63. The van der Waals surface area contributed by atoms with Crippen LogP contribution in [-0.2, 0) is 6.54 Å². The summed E-state index contributed by atoms with van der Waals surface area (Å²) in [5.74, 6) is 1.16. The van der Waals surface area contributed by atoms with Crippen LogP contribution in [-0.4, -0.2) is 19.7 Å². The number of anilines is 1. The molecule has 84 valence electrons. The van der Waals surface area contributed by atoms with Gasteiger partial charge in [0.25, 0.3) is 0 Å². The lowest BCUT2D eigenvalue weighted by molar-refractivity contribution is 0.458. The fourth-order valence-electron chi connectivity index (χ4n) is 1.12. The highest BCUT2D eigenvalue weighted by Gasteiger charge is 2.07. The van der Waals surface area contributed by atoms with E-state index in [9.17, 15) is 0 Å². The second kappa shape index (κ2) is 4.48. The average molecular weight is 284 g/mol. The molecule has 0 aromatic carbocycles. The summed E-state index contributed by atoms with van der Waals surface area (Å²) < 4.78 is 7.91. The van der Waals surface area contributed by atoms with Gasteiger partial charge in [-0.2, -0.15) is 10.1 Å². The SMILES string of the molecule is CCn1cc(Oc2nc(N)ncc2Br)cn1. The maximum atomic E-state index is 5.51. The van der Waals surface area contributed by atoms with Crippen LogP contribution in [0.1, 0.15) is 6.92 Å². The van der Waals surface area contributed by atoms with Crippen molar-refractivity contribution in [2.24, 2.45) is 0 Å². The number of aryl methyl sites for hydroxylation is 1. The molecule has 0 unspecified atom stereocenters. The van der Waals surface area contributed by atoms with E-state index in [2.05, 4.69) is 31.0 Å². The summed E-state index contributed by atoms with van der Waals surface area (Å²) >= 11 is 3.28. The number of nitrogens with two attached hydrogens (primary N) is 1. The Morgan fingerprint density at radius 3 is 3.00 bits per heavy atom. The molecule has 0 saturated heterocycles. The largest absolute Gasteiger partial charge is 0.434 e. The number of hydrogen-bond donors (Lipinski definition) is 1. The van der Waals surface area contributed by atoms with E-state index >= 15 is 0 Å². The maximum Gasteiger partial charge on any atom is 0.238 e. The van der Waals surface area contributed by atoms with Crippen molar-refractivity contribution in [3.63, 3.8) is 0 Å². The topological polar surface area (TPSA) is 78.9 Å². The lowest BCUT2D eigenvalue weighted by atomic mass is 10.6. The van der Waals surface area contributed by atoms with Crippen molar-refractivity contribution in [3.8, 4) is 11.6 Å². The van der Waals surface area contributed by atoms with Gasteiger partial charge in [-0.25, -0.2) is 4.98 Å². The smallest absolute Gasteiger partial charge is 0.238 e. The molecule has 2 aromatic rings. The Bertz CT molecular complexity index is 498. The standard InChI is InChI=1S/C9H10BrN5O/c1-2-15-5-6(3-13-15)16-8-7(10)4-12-9(11)14-8/h3-5H,2H2,1H3,(H2,11,12,14). The minimum Gasteiger partial charge on any atom is -0.434 e. The van der Waals surface area contributed by atoms with Gasteiger partial charge >= 0.3 is 0 Å². The van der Waals surface area contributed by atoms with Crippen LogP contribution in [0.15, 0.2) is 23.1 Å². The highest BCUT2D eigenvalue weighted by atomic mass is 79.9. The first-order valence-electron chi connectivity index (χ1n) is 4.67. The summed E-state index contributed by atoms with van der Waals surface area (Å²) in [4.78, 5) is 7.78. The molecule has 2 aromatic heterocycles. The summed E-state index contributed by atoms with van der Waals surface area (Å²) in [6.07, 6.45) is 4.95. The Morgan fingerprint density at radius 2 is 2.31 bits per heavy atom. The van der Waals surface area contributed by atoms with Gasteiger partial charge in [-0.15, -0.1) is 0 Å². The third-order valence-corrected chi connectivity index (χ3v) is 2.42. The second-order valence-corrected chi connectivity index (χ2v) is 3.87. The molecule has 0 aliphatic carbocycles. The molecule has 0 aliphatic rings. The number of nitrogen functional groups attached to an aromatic ring is 1. The average Bonchev–Trinajstić information content (AvgIpc) is 2.71. The lowest BCUT2D eigenvalue weighted by Crippen LogP contribution is -1.97. The number of hydrogen-bond acceptors (Lipinski definition) is 5. The highest BCUT2D eigenvalue weighted by molar-refractivity contribution is 9.10. The number of aromatic nitrogens is 4. The van der Waals surface area contributed by atoms with E-state index in [4.69, 9.17) is 10.5 Å². The zero-order valence-corrected chi connectivity index (χ0v) is 10.2. The minimum absolute atomic E-state index is 0.168. The molecule has 0 amide bonds. The predicted octanol–water partition coefficient (Wildman–Crippen LogP) is 1.83. The molecular weight excluding hydrogens is 274 g/mol. The van der Waals surface area contributed by atoms with E-state index in [0.717, 1.165) is 6.54 Å². The zero-order valence-electron chi connectivity index (χ0n) is 8.59. The monoisotopic (exact) mass is 283 g/mol. The summed E-state index contributed by atoms with van der Waals surface area (Å²) in [7, 11) is 0. The van der Waals surface area contributed by atoms with Crippen LogP contribution in [0.2, 0.25) is 0 Å². The van der Waals surface area contributed by atoms with Gasteiger partial charge < -0.3 is 10.5 Å². The third kappa shape index (κ3) is 2.30. The molecule has 0 radical (unpaired) electrons. The first-order valence-corrected chi connectivity index (χ1v) is 5.46. The predicted molar refractivity (Wildman–Crippen MR) is 62.1 cm³/mol. The van der Waals surface area contributed by atoms with Crippen molar-refractivity contribution >= 4 is 21.9 Å². The Kier molecular flexibility index (Phi) is 3.04. The van der Waals surface area contributed by atoms with Gasteiger partial charge in [0.2, 0.25) is 11.8 Å². The van der Waals surface area contributed by atoms with E-state index in [1.165, 1.54) is 0 Å². The van der Waals surface area contributed by atoms with E-state index < -0.39 is 0 Å². The molecule has 16 heavy (non-hydrogen) atoms. The van der Waals surface area contributed by atoms with Crippen molar-refractivity contribution in [2.75, 3.05) is 5.73 Å². The number of halogens is 1. The van der Waals surface area contributed by atoms with Crippen LogP contribution < -0.4 is 10.5 Å². The van der Waals surface area contributed by atoms with Gasteiger partial charge in [0.15, 0.2) is 5.75 Å². The molecule has 0 atom stereocenters. The maximum absolute atomic E-state index is 5.51. The van der Waals surface area contributed by atoms with Crippen molar-refractivity contribution in [1.82, 2.24) is 19.7 Å². The third-order valence-electron chi connectivity index (χ3n) is 1.88. The van der Waals surface area contributed by atoms with Crippen LogP contribution >= 0.6 is 15.9 Å². The van der Waals surface area contributed by atoms with Gasteiger partial charge in [-0.1, -0.05) is 0 Å². The van der Waals surface area contributed by atoms with Gasteiger partial charge in [-0.05, 0) is 22.9 Å². The van der Waals surface area contributed by atoms with E-state index in [0.29, 0.717) is 16.1 Å². The highest BCUT2D eigenvalue weighted by Crippen LogP contribution is 2.26. The van der Waals surface area contributed by atoms with E-state index in [-0.39, 0.29) is 5.95 Å². The molecule has 0 spiro atoms. The van der Waals surface area contributed by atoms with Crippen LogP contribution in [0.5, 0.6) is 11.6 Å². The first-order chi connectivity index (χ1) is 7.69. The summed E-state index contributed by atoms with van der Waals surface area (Å²) in [5.41, 5.74) is 5.47. The summed E-state index contributed by atoms with van der Waals surface area (Å²) in [6, 6.07) is 0. The van der Waals surface area contributed by atoms with E-state index in [1.807, 2.05) is 6.92 Å². The Labute approximate surface area is 101 Å². The van der Waals surface area contributed by atoms with Gasteiger partial charge in [0.05, 0.1) is 23.1 Å². The Morgan fingerprint density at radius 1 is 1.50 bits per heavy atom. The molecule has 7 heteroatoms. The quantitative estimate of drug-likeness (QED) is 0.930. The molecule has 0 fully saturated rings. The van der Waals surface area contributed by atoms with Gasteiger partial charge in [-0.3, -0.25) is 4.68 Å². The van der Waals surface area contributed by atoms with Crippen LogP contribution in [0.25, 0.3) is 0 Å². The zero-order chi connectivity index (χ0) is 11.5. The molecule has 2 heterocycles. The molecule has 0 saturated carbocycles. The lowest BCUT2D eigenvalue weighted by Gasteiger charge is -2.03. The Balaban J connectivity index is 2.22. The molecule has 2 N–H and O–H groups in total. The summed E-state index contributed by atoms with van der Waals surface area (Å²) in [5, 5.41) is 4.08. The number of nitrogens with zero attached hydrogens (tertiary/aromatic N) is 4. The van der Waals surface area contributed by atoms with Gasteiger partial charge in [0, 0.05) is 6.54 Å². The molecular formula is C9H10BrN5O. The minimum atomic E-state index is 0.168. The second-order valence-electron chi connectivity index (χ2n) is 3.02. The van der Waals surface area contributed by atoms with Gasteiger partial charge in [0.1, 0.15) is 0 Å². The molecule has 0 aliphatic heterocycles. The first kappa shape index (κ1) is 10.9. The van der Waals surface area contributed by atoms with E-state index in [1.54, 1.807) is 23.3 Å². The van der Waals surface area contributed by atoms with Crippen molar-refractivity contribution < 1.29 is 4.74 Å². The summed E-state index contributed by atoms with van der Waals surface area (Å²) in [6.45, 7) is 2.78. The van der Waals surface area contributed by atoms with Crippen LogP contribution in [0.3, 0.4) is 0 Å². The normalized spacial score (nSPS) is 10.4. The number of ether oxygens (including phenoxy) is 1. The van der Waals surface area contributed by atoms with Crippen LogP contribution in [0, 0.1) is 0 Å². The van der Waals surface area contributed by atoms with Crippen LogP contribution in [0.4, 0.5) is 5.95 Å². The number of rotatable bonds is 3. The molecule has 2 rings (SSSR count). The van der Waals surface area contributed by atoms with Crippen molar-refractivity contribution in [2.45, 2.75) is 13.5 Å². The molecule has 0 bridgehead atoms. The molecule has 6 nitrogen and oxygen atoms in total.